The van der Waals surface area contributed by atoms with Gasteiger partial charge in [-0.1, -0.05) is 23.7 Å². The van der Waals surface area contributed by atoms with Crippen molar-refractivity contribution in [2.24, 2.45) is 0 Å². The van der Waals surface area contributed by atoms with Gasteiger partial charge in [-0.05, 0) is 48.9 Å². The number of ether oxygens (including phenoxy) is 1. The Morgan fingerprint density at radius 3 is 2.03 bits per heavy atom. The van der Waals surface area contributed by atoms with Crippen LogP contribution in [0, 0.1) is 0 Å². The highest BCUT2D eigenvalue weighted by molar-refractivity contribution is 6.30. The van der Waals surface area contributed by atoms with Crippen molar-refractivity contribution in [2.75, 3.05) is 19.7 Å². The number of hydrogen-bond donors (Lipinski definition) is 4. The fourth-order valence-corrected chi connectivity index (χ4v) is 2.20. The standard InChI is InChI=1S/C18H21ClN2O2.C2H2O4/c1-2-23-17-9-3-14(4-10-17)13-20-11-12-21-18(22)15-5-7-16(19)8-6-15;3-1(4)2(5)6/h3-10,20H,2,11-13H2,1H3,(H,21,22);(H,3,4)(H,5,6). The SMILES string of the molecule is CCOc1ccc(CNCCNC(=O)c2ccc(Cl)cc2)cc1.O=C(O)C(=O)O. The first-order chi connectivity index (χ1) is 13.8. The second kappa shape index (κ2) is 13.1. The van der Waals surface area contributed by atoms with Crippen LogP contribution in [0.1, 0.15) is 22.8 Å². The van der Waals surface area contributed by atoms with Crippen LogP contribution >= 0.6 is 11.6 Å². The predicted molar refractivity (Wildman–Crippen MR) is 108 cm³/mol. The van der Waals surface area contributed by atoms with Gasteiger partial charge in [0.15, 0.2) is 0 Å². The van der Waals surface area contributed by atoms with Crippen LogP contribution in [-0.4, -0.2) is 47.8 Å². The monoisotopic (exact) mass is 422 g/mol. The second-order valence-electron chi connectivity index (χ2n) is 5.63. The molecule has 0 aromatic heterocycles. The zero-order valence-corrected chi connectivity index (χ0v) is 16.6. The molecule has 0 radical (unpaired) electrons. The first-order valence-electron chi connectivity index (χ1n) is 8.76. The van der Waals surface area contributed by atoms with Crippen molar-refractivity contribution in [3.63, 3.8) is 0 Å². The van der Waals surface area contributed by atoms with Crippen LogP contribution in [0.3, 0.4) is 0 Å². The average molecular weight is 423 g/mol. The van der Waals surface area contributed by atoms with Gasteiger partial charge in [-0.25, -0.2) is 9.59 Å². The van der Waals surface area contributed by atoms with Crippen molar-refractivity contribution in [3.8, 4) is 5.75 Å². The lowest BCUT2D eigenvalue weighted by atomic mass is 10.2. The van der Waals surface area contributed by atoms with Gasteiger partial charge in [0.1, 0.15) is 5.75 Å². The minimum atomic E-state index is -1.82. The Bertz CT molecular complexity index is 782. The lowest BCUT2D eigenvalue weighted by molar-refractivity contribution is -0.159. The van der Waals surface area contributed by atoms with Crippen molar-refractivity contribution in [1.29, 1.82) is 0 Å². The average Bonchev–Trinajstić information content (AvgIpc) is 2.70. The maximum Gasteiger partial charge on any atom is 0.414 e. The van der Waals surface area contributed by atoms with Crippen molar-refractivity contribution in [1.82, 2.24) is 10.6 Å². The maximum absolute atomic E-state index is 11.9. The molecule has 0 atom stereocenters. The summed E-state index contributed by atoms with van der Waals surface area (Å²) in [4.78, 5) is 30.1. The van der Waals surface area contributed by atoms with Crippen molar-refractivity contribution in [2.45, 2.75) is 13.5 Å². The van der Waals surface area contributed by atoms with Gasteiger partial charge < -0.3 is 25.6 Å². The van der Waals surface area contributed by atoms with E-state index in [2.05, 4.69) is 10.6 Å². The third-order valence-corrected chi connectivity index (χ3v) is 3.69. The summed E-state index contributed by atoms with van der Waals surface area (Å²) in [6.45, 7) is 4.66. The summed E-state index contributed by atoms with van der Waals surface area (Å²) in [5, 5.41) is 21.6. The molecule has 0 aliphatic rings. The van der Waals surface area contributed by atoms with Gasteiger partial charge in [-0.2, -0.15) is 0 Å². The highest BCUT2D eigenvalue weighted by Gasteiger charge is 2.04. The third-order valence-electron chi connectivity index (χ3n) is 3.44. The van der Waals surface area contributed by atoms with Gasteiger partial charge in [0.2, 0.25) is 0 Å². The number of carbonyl (C=O) groups is 3. The third kappa shape index (κ3) is 10.1. The van der Waals surface area contributed by atoms with Crippen molar-refractivity contribution < 1.29 is 29.3 Å². The summed E-state index contributed by atoms with van der Waals surface area (Å²) >= 11 is 5.80. The number of amides is 1. The predicted octanol–water partition coefficient (Wildman–Crippen LogP) is 2.41. The normalized spacial score (nSPS) is 9.72. The largest absolute Gasteiger partial charge is 0.494 e. The van der Waals surface area contributed by atoms with Crippen molar-refractivity contribution >= 4 is 29.4 Å². The second-order valence-corrected chi connectivity index (χ2v) is 6.06. The maximum atomic E-state index is 11.9. The molecule has 0 saturated heterocycles. The molecule has 0 heterocycles. The fraction of sp³-hybridized carbons (Fsp3) is 0.250. The van der Waals surface area contributed by atoms with E-state index in [0.29, 0.717) is 30.3 Å². The molecule has 2 aromatic carbocycles. The van der Waals surface area contributed by atoms with Gasteiger partial charge >= 0.3 is 11.9 Å². The number of rotatable bonds is 8. The first kappa shape index (κ1) is 23.9. The molecule has 0 fully saturated rings. The van der Waals surface area contributed by atoms with Crippen LogP contribution in [0.2, 0.25) is 5.02 Å². The fourth-order valence-electron chi connectivity index (χ4n) is 2.07. The Hall–Kier alpha value is -3.10. The number of benzene rings is 2. The molecule has 156 valence electrons. The molecule has 29 heavy (non-hydrogen) atoms. The molecule has 2 rings (SSSR count). The number of carboxylic acid groups (broad SMARTS) is 2. The Morgan fingerprint density at radius 2 is 1.52 bits per heavy atom. The number of carboxylic acids is 2. The molecule has 2 aromatic rings. The molecular weight excluding hydrogens is 400 g/mol. The molecule has 0 aliphatic heterocycles. The molecule has 9 heteroatoms. The van der Waals surface area contributed by atoms with Gasteiger partial charge in [0.25, 0.3) is 5.91 Å². The van der Waals surface area contributed by atoms with Crippen LogP contribution in [0.4, 0.5) is 0 Å². The molecule has 1 amide bonds. The van der Waals surface area contributed by atoms with Crippen LogP contribution in [-0.2, 0) is 16.1 Å². The minimum Gasteiger partial charge on any atom is -0.494 e. The van der Waals surface area contributed by atoms with E-state index >= 15 is 0 Å². The highest BCUT2D eigenvalue weighted by Crippen LogP contribution is 2.11. The molecule has 4 N–H and O–H groups in total. The summed E-state index contributed by atoms with van der Waals surface area (Å²) < 4.78 is 5.40. The molecule has 8 nitrogen and oxygen atoms in total. The lowest BCUT2D eigenvalue weighted by Crippen LogP contribution is -2.31. The molecule has 0 spiro atoms. The quantitative estimate of drug-likeness (QED) is 0.380. The Kier molecular flexibility index (Phi) is 10.8. The summed E-state index contributed by atoms with van der Waals surface area (Å²) in [5.74, 6) is -2.86. The summed E-state index contributed by atoms with van der Waals surface area (Å²) in [5.41, 5.74) is 1.79. The molecular formula is C20H23ClN2O6. The Balaban J connectivity index is 0.000000612. The number of carbonyl (C=O) groups excluding carboxylic acids is 1. The van der Waals surface area contributed by atoms with Gasteiger partial charge in [0.05, 0.1) is 6.61 Å². The van der Waals surface area contributed by atoms with E-state index in [-0.39, 0.29) is 5.91 Å². The van der Waals surface area contributed by atoms with Crippen LogP contribution < -0.4 is 15.4 Å². The topological polar surface area (TPSA) is 125 Å². The van der Waals surface area contributed by atoms with Gasteiger partial charge in [-0.15, -0.1) is 0 Å². The van der Waals surface area contributed by atoms with E-state index in [0.717, 1.165) is 12.3 Å². The van der Waals surface area contributed by atoms with Gasteiger partial charge in [-0.3, -0.25) is 4.79 Å². The Labute approximate surface area is 173 Å². The smallest absolute Gasteiger partial charge is 0.414 e. The van der Waals surface area contributed by atoms with E-state index < -0.39 is 11.9 Å². The molecule has 0 unspecified atom stereocenters. The van der Waals surface area contributed by atoms with E-state index in [9.17, 15) is 4.79 Å². The summed E-state index contributed by atoms with van der Waals surface area (Å²) in [6, 6.07) is 14.8. The van der Waals surface area contributed by atoms with E-state index in [4.69, 9.17) is 36.1 Å². The molecule has 0 bridgehead atoms. The Morgan fingerprint density at radius 1 is 0.931 bits per heavy atom. The van der Waals surface area contributed by atoms with Crippen LogP contribution in [0.5, 0.6) is 5.75 Å². The number of aliphatic carboxylic acids is 2. The molecule has 0 saturated carbocycles. The summed E-state index contributed by atoms with van der Waals surface area (Å²) in [7, 11) is 0. The molecule has 0 aliphatic carbocycles. The van der Waals surface area contributed by atoms with E-state index in [1.807, 2.05) is 31.2 Å². The van der Waals surface area contributed by atoms with Crippen LogP contribution in [0.25, 0.3) is 0 Å². The minimum absolute atomic E-state index is 0.0930. The zero-order chi connectivity index (χ0) is 21.6. The summed E-state index contributed by atoms with van der Waals surface area (Å²) in [6.07, 6.45) is 0. The van der Waals surface area contributed by atoms with E-state index in [1.54, 1.807) is 24.3 Å². The van der Waals surface area contributed by atoms with Crippen LogP contribution in [0.15, 0.2) is 48.5 Å². The van der Waals surface area contributed by atoms with E-state index in [1.165, 1.54) is 5.56 Å². The zero-order valence-electron chi connectivity index (χ0n) is 15.9. The number of hydrogen-bond acceptors (Lipinski definition) is 5. The van der Waals surface area contributed by atoms with Gasteiger partial charge in [0, 0.05) is 30.2 Å². The van der Waals surface area contributed by atoms with Crippen molar-refractivity contribution in [3.05, 3.63) is 64.7 Å². The number of nitrogens with one attached hydrogen (secondary N) is 2. The highest BCUT2D eigenvalue weighted by atomic mass is 35.5. The first-order valence-corrected chi connectivity index (χ1v) is 9.13. The number of halogens is 1. The lowest BCUT2D eigenvalue weighted by Gasteiger charge is -2.08.